The first-order valence-electron chi connectivity index (χ1n) is 9.26. The molecule has 1 aliphatic heterocycles. The quantitative estimate of drug-likeness (QED) is 0.581. The molecule has 0 aliphatic carbocycles. The van der Waals surface area contributed by atoms with Gasteiger partial charge in [-0.15, -0.1) is 10.2 Å². The molecular formula is C20H19ClN4O3S. The van der Waals surface area contributed by atoms with Gasteiger partial charge in [-0.2, -0.15) is 0 Å². The normalized spacial score (nSPS) is 17.4. The van der Waals surface area contributed by atoms with Crippen LogP contribution in [0.25, 0.3) is 11.6 Å². The molecule has 0 unspecified atom stereocenters. The molecule has 9 heteroatoms. The van der Waals surface area contributed by atoms with Crippen LogP contribution >= 0.6 is 23.4 Å². The first kappa shape index (κ1) is 19.7. The lowest BCUT2D eigenvalue weighted by molar-refractivity contribution is -0.127. The van der Waals surface area contributed by atoms with Crippen LogP contribution in [-0.2, 0) is 11.8 Å². The number of imide groups is 1. The number of carbonyl (C=O) groups excluding carboxylic acids is 2. The van der Waals surface area contributed by atoms with Gasteiger partial charge >= 0.3 is 0 Å². The average molecular weight is 431 g/mol. The minimum Gasteiger partial charge on any atom is -0.461 e. The molecule has 1 aromatic carbocycles. The van der Waals surface area contributed by atoms with Crippen LogP contribution in [0.3, 0.4) is 0 Å². The number of halogens is 1. The number of rotatable bonds is 4. The van der Waals surface area contributed by atoms with Crippen molar-refractivity contribution >= 4 is 35.2 Å². The summed E-state index contributed by atoms with van der Waals surface area (Å²) in [5.41, 5.74) is 0.451. The Morgan fingerprint density at radius 1 is 1.21 bits per heavy atom. The largest absolute Gasteiger partial charge is 0.461 e. The van der Waals surface area contributed by atoms with Crippen LogP contribution in [0, 0.1) is 0 Å². The predicted molar refractivity (Wildman–Crippen MR) is 110 cm³/mol. The molecule has 3 aromatic rings. The number of furan rings is 1. The standard InChI is InChI=1S/C20H19ClN4O3S/c1-24-17(15-5-4-12-28-15)22-23-20(24)29-16-6-2-3-11-25(19(16)27)18(26)13-7-9-14(21)10-8-13/h4-5,7-10,12,16H,2-3,6,11H2,1H3/t16-/m1/s1. The van der Waals surface area contributed by atoms with Gasteiger partial charge in [0, 0.05) is 24.2 Å². The van der Waals surface area contributed by atoms with E-state index in [2.05, 4.69) is 10.2 Å². The fourth-order valence-corrected chi connectivity index (χ4v) is 4.46. The molecule has 1 fully saturated rings. The van der Waals surface area contributed by atoms with Crippen LogP contribution in [0.2, 0.25) is 5.02 Å². The Bertz CT molecular complexity index is 1020. The van der Waals surface area contributed by atoms with Crippen molar-refractivity contribution < 1.29 is 14.0 Å². The summed E-state index contributed by atoms with van der Waals surface area (Å²) in [7, 11) is 1.83. The number of hydrogen-bond acceptors (Lipinski definition) is 6. The third kappa shape index (κ3) is 4.09. The number of carbonyl (C=O) groups is 2. The summed E-state index contributed by atoms with van der Waals surface area (Å²) in [6, 6.07) is 10.2. The van der Waals surface area contributed by atoms with Crippen molar-refractivity contribution in [2.45, 2.75) is 29.7 Å². The third-order valence-electron chi connectivity index (χ3n) is 4.80. The van der Waals surface area contributed by atoms with Crippen LogP contribution < -0.4 is 0 Å². The number of hydrogen-bond donors (Lipinski definition) is 0. The molecule has 2 aromatic heterocycles. The van der Waals surface area contributed by atoms with Crippen LogP contribution in [0.4, 0.5) is 0 Å². The molecule has 29 heavy (non-hydrogen) atoms. The molecule has 1 atom stereocenters. The monoisotopic (exact) mass is 430 g/mol. The topological polar surface area (TPSA) is 81.2 Å². The molecule has 4 rings (SSSR count). The summed E-state index contributed by atoms with van der Waals surface area (Å²) in [5, 5.41) is 9.14. The molecule has 7 nitrogen and oxygen atoms in total. The summed E-state index contributed by atoms with van der Waals surface area (Å²) in [5.74, 6) is 0.703. The highest BCUT2D eigenvalue weighted by Gasteiger charge is 2.33. The van der Waals surface area contributed by atoms with Crippen molar-refractivity contribution in [3.8, 4) is 11.6 Å². The molecule has 0 N–H and O–H groups in total. The number of aromatic nitrogens is 3. The minimum absolute atomic E-state index is 0.199. The number of benzene rings is 1. The molecule has 0 spiro atoms. The van der Waals surface area contributed by atoms with Gasteiger partial charge in [0.15, 0.2) is 16.7 Å². The zero-order chi connectivity index (χ0) is 20.4. The zero-order valence-electron chi connectivity index (χ0n) is 15.7. The fourth-order valence-electron chi connectivity index (χ4n) is 3.23. The van der Waals surface area contributed by atoms with Gasteiger partial charge in [-0.3, -0.25) is 14.5 Å². The van der Waals surface area contributed by atoms with Gasteiger partial charge in [-0.25, -0.2) is 0 Å². The number of nitrogens with zero attached hydrogens (tertiary/aromatic N) is 4. The summed E-state index contributed by atoms with van der Waals surface area (Å²) < 4.78 is 7.19. The third-order valence-corrected chi connectivity index (χ3v) is 6.34. The summed E-state index contributed by atoms with van der Waals surface area (Å²) in [4.78, 5) is 27.4. The summed E-state index contributed by atoms with van der Waals surface area (Å²) in [6.07, 6.45) is 3.89. The summed E-state index contributed by atoms with van der Waals surface area (Å²) in [6.45, 7) is 0.411. The van der Waals surface area contributed by atoms with Gasteiger partial charge in [-0.1, -0.05) is 29.8 Å². The smallest absolute Gasteiger partial charge is 0.260 e. The van der Waals surface area contributed by atoms with E-state index in [0.717, 1.165) is 12.8 Å². The Morgan fingerprint density at radius 3 is 2.72 bits per heavy atom. The number of likely N-dealkylation sites (tertiary alicyclic amines) is 1. The van der Waals surface area contributed by atoms with Crippen molar-refractivity contribution in [1.82, 2.24) is 19.7 Å². The first-order valence-corrected chi connectivity index (χ1v) is 10.5. The van der Waals surface area contributed by atoms with Crippen molar-refractivity contribution in [2.75, 3.05) is 6.54 Å². The van der Waals surface area contributed by atoms with E-state index in [1.807, 2.05) is 13.1 Å². The van der Waals surface area contributed by atoms with E-state index >= 15 is 0 Å². The van der Waals surface area contributed by atoms with Gasteiger partial charge in [-0.05, 0) is 49.2 Å². The van der Waals surface area contributed by atoms with Crippen molar-refractivity contribution in [1.29, 1.82) is 0 Å². The van der Waals surface area contributed by atoms with Crippen LogP contribution in [0.1, 0.15) is 29.6 Å². The van der Waals surface area contributed by atoms with E-state index in [0.29, 0.717) is 40.3 Å². The van der Waals surface area contributed by atoms with Crippen molar-refractivity contribution in [3.05, 3.63) is 53.2 Å². The van der Waals surface area contributed by atoms with E-state index in [1.54, 1.807) is 41.2 Å². The van der Waals surface area contributed by atoms with Gasteiger partial charge in [0.1, 0.15) is 0 Å². The molecule has 0 radical (unpaired) electrons. The minimum atomic E-state index is -0.402. The zero-order valence-corrected chi connectivity index (χ0v) is 17.3. The average Bonchev–Trinajstić information content (AvgIpc) is 3.32. The van der Waals surface area contributed by atoms with Crippen molar-refractivity contribution in [2.24, 2.45) is 7.05 Å². The Hall–Kier alpha value is -2.58. The van der Waals surface area contributed by atoms with E-state index < -0.39 is 5.25 Å². The molecule has 1 aliphatic rings. The van der Waals surface area contributed by atoms with Gasteiger partial charge in [0.2, 0.25) is 5.91 Å². The van der Waals surface area contributed by atoms with Crippen molar-refractivity contribution in [3.63, 3.8) is 0 Å². The van der Waals surface area contributed by atoms with Gasteiger partial charge < -0.3 is 8.98 Å². The maximum atomic E-state index is 13.2. The Morgan fingerprint density at radius 2 is 2.00 bits per heavy atom. The lowest BCUT2D eigenvalue weighted by atomic mass is 10.2. The van der Waals surface area contributed by atoms with Crippen LogP contribution in [0.15, 0.2) is 52.2 Å². The molecular weight excluding hydrogens is 412 g/mol. The Balaban J connectivity index is 1.54. The second-order valence-corrected chi connectivity index (χ2v) is 8.35. The molecule has 150 valence electrons. The van der Waals surface area contributed by atoms with E-state index in [9.17, 15) is 9.59 Å². The molecule has 0 saturated carbocycles. The van der Waals surface area contributed by atoms with E-state index in [-0.39, 0.29) is 11.8 Å². The highest BCUT2D eigenvalue weighted by Crippen LogP contribution is 2.31. The van der Waals surface area contributed by atoms with Crippen LogP contribution in [-0.4, -0.2) is 43.3 Å². The molecule has 1 saturated heterocycles. The Kier molecular flexibility index (Phi) is 5.73. The highest BCUT2D eigenvalue weighted by molar-refractivity contribution is 8.00. The van der Waals surface area contributed by atoms with E-state index in [1.165, 1.54) is 16.7 Å². The van der Waals surface area contributed by atoms with Gasteiger partial charge in [0.25, 0.3) is 5.91 Å². The molecule has 2 amide bonds. The first-order chi connectivity index (χ1) is 14.0. The fraction of sp³-hybridized carbons (Fsp3) is 0.300. The molecule has 3 heterocycles. The lowest BCUT2D eigenvalue weighted by Crippen LogP contribution is -2.41. The predicted octanol–water partition coefficient (Wildman–Crippen LogP) is 4.04. The molecule has 0 bridgehead atoms. The van der Waals surface area contributed by atoms with Gasteiger partial charge in [0.05, 0.1) is 11.5 Å². The van der Waals surface area contributed by atoms with E-state index in [4.69, 9.17) is 16.0 Å². The van der Waals surface area contributed by atoms with Crippen LogP contribution in [0.5, 0.6) is 0 Å². The maximum Gasteiger partial charge on any atom is 0.260 e. The second kappa shape index (κ2) is 8.42. The second-order valence-electron chi connectivity index (χ2n) is 6.75. The number of thioether (sulfide) groups is 1. The number of amides is 2. The SMILES string of the molecule is Cn1c(S[C@@H]2CCCCN(C(=O)c3ccc(Cl)cc3)C2=O)nnc1-c1ccco1. The highest BCUT2D eigenvalue weighted by atomic mass is 35.5. The lowest BCUT2D eigenvalue weighted by Gasteiger charge is -2.22. The summed E-state index contributed by atoms with van der Waals surface area (Å²) >= 11 is 7.24. The maximum absolute atomic E-state index is 13.2. The Labute approximate surface area is 177 Å².